The molecule has 0 aliphatic heterocycles. The van der Waals surface area contributed by atoms with Crippen LogP contribution in [0.3, 0.4) is 0 Å². The molecule has 1 aliphatic carbocycles. The minimum absolute atomic E-state index is 0.0249. The van der Waals surface area contributed by atoms with Crippen LogP contribution in [0.4, 0.5) is 19.0 Å². The van der Waals surface area contributed by atoms with Crippen molar-refractivity contribution in [1.29, 1.82) is 0 Å². The Labute approximate surface area is 123 Å². The Balaban J connectivity index is 2.41. The van der Waals surface area contributed by atoms with Crippen LogP contribution in [0.15, 0.2) is 16.7 Å². The van der Waals surface area contributed by atoms with Crippen molar-refractivity contribution in [2.45, 2.75) is 37.9 Å². The molecular formula is C13H16BrF3N2O. The Morgan fingerprint density at radius 2 is 2.00 bits per heavy atom. The van der Waals surface area contributed by atoms with Gasteiger partial charge in [-0.05, 0) is 34.8 Å². The van der Waals surface area contributed by atoms with E-state index < -0.39 is 11.7 Å². The average Bonchev–Trinajstić information content (AvgIpc) is 2.89. The summed E-state index contributed by atoms with van der Waals surface area (Å²) in [5, 5.41) is 9.15. The standard InChI is InChI=1S/C13H16BrF3N2O/c14-9-7-11(13(15,16)17)12(18-8-9)19(5-6-20)10-3-1-2-4-10/h7-8,10,20H,1-6H2. The lowest BCUT2D eigenvalue weighted by molar-refractivity contribution is -0.137. The molecule has 1 aromatic heterocycles. The van der Waals surface area contributed by atoms with Gasteiger partial charge in [0.2, 0.25) is 0 Å². The molecule has 1 saturated carbocycles. The molecule has 20 heavy (non-hydrogen) atoms. The Morgan fingerprint density at radius 3 is 2.55 bits per heavy atom. The molecule has 1 heterocycles. The average molecular weight is 353 g/mol. The SMILES string of the molecule is OCCN(c1ncc(Br)cc1C(F)(F)F)C1CCCC1. The van der Waals surface area contributed by atoms with E-state index in [0.717, 1.165) is 31.7 Å². The predicted octanol–water partition coefficient (Wildman–Crippen LogP) is 3.60. The maximum absolute atomic E-state index is 13.2. The van der Waals surface area contributed by atoms with Crippen LogP contribution in [-0.4, -0.2) is 29.3 Å². The van der Waals surface area contributed by atoms with E-state index in [1.54, 1.807) is 4.90 Å². The van der Waals surface area contributed by atoms with Gasteiger partial charge in [0.05, 0.1) is 12.2 Å². The van der Waals surface area contributed by atoms with Crippen molar-refractivity contribution in [2.75, 3.05) is 18.1 Å². The molecule has 1 N–H and O–H groups in total. The number of hydrogen-bond acceptors (Lipinski definition) is 3. The fraction of sp³-hybridized carbons (Fsp3) is 0.615. The molecule has 0 unspecified atom stereocenters. The summed E-state index contributed by atoms with van der Waals surface area (Å²) >= 11 is 3.03. The number of nitrogens with zero attached hydrogens (tertiary/aromatic N) is 2. The second-order valence-corrected chi connectivity index (χ2v) is 5.79. The highest BCUT2D eigenvalue weighted by atomic mass is 79.9. The quantitative estimate of drug-likeness (QED) is 0.899. The van der Waals surface area contributed by atoms with Gasteiger partial charge in [0.15, 0.2) is 0 Å². The van der Waals surface area contributed by atoms with Crippen molar-refractivity contribution in [2.24, 2.45) is 0 Å². The van der Waals surface area contributed by atoms with Crippen LogP contribution in [-0.2, 0) is 6.18 Å². The number of hydrogen-bond donors (Lipinski definition) is 1. The highest BCUT2D eigenvalue weighted by Crippen LogP contribution is 2.39. The van der Waals surface area contributed by atoms with Crippen LogP contribution in [0.5, 0.6) is 0 Å². The molecular weight excluding hydrogens is 337 g/mol. The van der Waals surface area contributed by atoms with Crippen LogP contribution in [0.2, 0.25) is 0 Å². The Hall–Kier alpha value is -0.820. The summed E-state index contributed by atoms with van der Waals surface area (Å²) in [5.74, 6) is -0.0818. The number of pyridine rings is 1. The zero-order valence-corrected chi connectivity index (χ0v) is 12.4. The maximum atomic E-state index is 13.2. The Kier molecular flexibility index (Phi) is 4.90. The first-order chi connectivity index (χ1) is 9.43. The fourth-order valence-corrected chi connectivity index (χ4v) is 2.99. The van der Waals surface area contributed by atoms with Crippen LogP contribution in [0, 0.1) is 0 Å². The number of aromatic nitrogens is 1. The van der Waals surface area contributed by atoms with Gasteiger partial charge in [0.1, 0.15) is 5.82 Å². The van der Waals surface area contributed by atoms with E-state index in [1.807, 2.05) is 0 Å². The summed E-state index contributed by atoms with van der Waals surface area (Å²) in [6, 6.07) is 1.07. The third kappa shape index (κ3) is 3.44. The fourth-order valence-electron chi connectivity index (χ4n) is 2.65. The third-order valence-corrected chi connectivity index (χ3v) is 3.95. The highest BCUT2D eigenvalue weighted by molar-refractivity contribution is 9.10. The summed E-state index contributed by atoms with van der Waals surface area (Å²) in [6.07, 6.45) is 0.599. The number of aliphatic hydroxyl groups excluding tert-OH is 1. The third-order valence-electron chi connectivity index (χ3n) is 3.52. The number of rotatable bonds is 4. The lowest BCUT2D eigenvalue weighted by atomic mass is 10.1. The van der Waals surface area contributed by atoms with Gasteiger partial charge in [-0.25, -0.2) is 4.98 Å². The minimum Gasteiger partial charge on any atom is -0.395 e. The number of aliphatic hydroxyl groups is 1. The predicted molar refractivity (Wildman–Crippen MR) is 73.6 cm³/mol. The lowest BCUT2D eigenvalue weighted by Gasteiger charge is -2.31. The lowest BCUT2D eigenvalue weighted by Crippen LogP contribution is -2.37. The maximum Gasteiger partial charge on any atom is 0.419 e. The molecule has 0 saturated heterocycles. The first-order valence-electron chi connectivity index (χ1n) is 6.53. The highest BCUT2D eigenvalue weighted by Gasteiger charge is 2.37. The zero-order valence-electron chi connectivity index (χ0n) is 10.8. The van der Waals surface area contributed by atoms with Crippen molar-refractivity contribution in [3.63, 3.8) is 0 Å². The van der Waals surface area contributed by atoms with E-state index in [1.165, 1.54) is 6.20 Å². The number of alkyl halides is 3. The van der Waals surface area contributed by atoms with Crippen molar-refractivity contribution in [3.05, 3.63) is 22.3 Å². The van der Waals surface area contributed by atoms with Gasteiger partial charge in [-0.15, -0.1) is 0 Å². The molecule has 2 rings (SSSR count). The van der Waals surface area contributed by atoms with E-state index in [9.17, 15) is 13.2 Å². The van der Waals surface area contributed by atoms with Crippen molar-refractivity contribution < 1.29 is 18.3 Å². The van der Waals surface area contributed by atoms with E-state index in [0.29, 0.717) is 4.47 Å². The molecule has 0 radical (unpaired) electrons. The van der Waals surface area contributed by atoms with Gasteiger partial charge in [-0.3, -0.25) is 0 Å². The normalized spacial score (nSPS) is 16.6. The molecule has 7 heteroatoms. The summed E-state index contributed by atoms with van der Waals surface area (Å²) in [6.45, 7) is -0.0199. The van der Waals surface area contributed by atoms with Crippen LogP contribution in [0.1, 0.15) is 31.2 Å². The smallest absolute Gasteiger partial charge is 0.395 e. The summed E-state index contributed by atoms with van der Waals surface area (Å²) in [5.41, 5.74) is -0.757. The largest absolute Gasteiger partial charge is 0.419 e. The zero-order chi connectivity index (χ0) is 14.8. The van der Waals surface area contributed by atoms with Crippen LogP contribution < -0.4 is 4.90 Å². The van der Waals surface area contributed by atoms with Gasteiger partial charge in [0, 0.05) is 23.3 Å². The van der Waals surface area contributed by atoms with Crippen LogP contribution in [0.25, 0.3) is 0 Å². The summed E-state index contributed by atoms with van der Waals surface area (Å²) in [4.78, 5) is 5.56. The van der Waals surface area contributed by atoms with Gasteiger partial charge >= 0.3 is 6.18 Å². The molecule has 0 spiro atoms. The van der Waals surface area contributed by atoms with Crippen LogP contribution >= 0.6 is 15.9 Å². The molecule has 0 bridgehead atoms. The first-order valence-corrected chi connectivity index (χ1v) is 7.33. The second-order valence-electron chi connectivity index (χ2n) is 4.88. The Morgan fingerprint density at radius 1 is 1.35 bits per heavy atom. The summed E-state index contributed by atoms with van der Waals surface area (Å²) < 4.78 is 39.8. The molecule has 1 aromatic rings. The minimum atomic E-state index is -4.46. The van der Waals surface area contributed by atoms with E-state index >= 15 is 0 Å². The molecule has 1 aliphatic rings. The monoisotopic (exact) mass is 352 g/mol. The van der Waals surface area contributed by atoms with Crippen molar-refractivity contribution in [1.82, 2.24) is 4.98 Å². The summed E-state index contributed by atoms with van der Waals surface area (Å²) in [7, 11) is 0. The number of anilines is 1. The molecule has 1 fully saturated rings. The molecule has 3 nitrogen and oxygen atoms in total. The molecule has 112 valence electrons. The molecule has 0 amide bonds. The molecule has 0 atom stereocenters. The van der Waals surface area contributed by atoms with E-state index in [4.69, 9.17) is 5.11 Å². The van der Waals surface area contributed by atoms with Gasteiger partial charge < -0.3 is 10.0 Å². The van der Waals surface area contributed by atoms with Gasteiger partial charge in [0.25, 0.3) is 0 Å². The van der Waals surface area contributed by atoms with E-state index in [-0.39, 0.29) is 25.0 Å². The first kappa shape index (κ1) is 15.6. The van der Waals surface area contributed by atoms with E-state index in [2.05, 4.69) is 20.9 Å². The Bertz CT molecular complexity index is 461. The van der Waals surface area contributed by atoms with Crippen molar-refractivity contribution >= 4 is 21.7 Å². The van der Waals surface area contributed by atoms with Gasteiger partial charge in [-0.1, -0.05) is 12.8 Å². The molecule has 0 aromatic carbocycles. The number of halogens is 4. The second kappa shape index (κ2) is 6.30. The topological polar surface area (TPSA) is 36.4 Å². The van der Waals surface area contributed by atoms with Gasteiger partial charge in [-0.2, -0.15) is 13.2 Å². The van der Waals surface area contributed by atoms with Crippen molar-refractivity contribution in [3.8, 4) is 0 Å².